The van der Waals surface area contributed by atoms with Crippen molar-refractivity contribution in [2.24, 2.45) is 7.05 Å². The van der Waals surface area contributed by atoms with Gasteiger partial charge in [0.05, 0.1) is 18.0 Å². The van der Waals surface area contributed by atoms with E-state index in [-0.39, 0.29) is 11.3 Å². The van der Waals surface area contributed by atoms with Crippen molar-refractivity contribution in [2.45, 2.75) is 20.3 Å². The molecule has 0 atom stereocenters. The van der Waals surface area contributed by atoms with E-state index in [0.717, 1.165) is 0 Å². The lowest BCUT2D eigenvalue weighted by atomic mass is 10.0. The summed E-state index contributed by atoms with van der Waals surface area (Å²) in [5.74, 6) is 0.703. The van der Waals surface area contributed by atoms with Gasteiger partial charge in [-0.15, -0.1) is 6.58 Å². The van der Waals surface area contributed by atoms with E-state index in [1.165, 1.54) is 18.6 Å². The van der Waals surface area contributed by atoms with Crippen LogP contribution >= 0.6 is 0 Å². The second-order valence-electron chi connectivity index (χ2n) is 4.89. The quantitative estimate of drug-likeness (QED) is 0.490. The van der Waals surface area contributed by atoms with E-state index in [0.29, 0.717) is 34.5 Å². The van der Waals surface area contributed by atoms with Gasteiger partial charge in [0.2, 0.25) is 0 Å². The SMILES string of the molecule is C=CCc1c(OC(C)=O)c(OC)cc2nc(C)n(C)c(=O)c12. The third-order valence-corrected chi connectivity index (χ3v) is 3.42. The summed E-state index contributed by atoms with van der Waals surface area (Å²) >= 11 is 0. The number of carbonyl (C=O) groups excluding carboxylic acids is 1. The van der Waals surface area contributed by atoms with E-state index in [2.05, 4.69) is 11.6 Å². The summed E-state index contributed by atoms with van der Waals surface area (Å²) in [5, 5.41) is 0.407. The standard InChI is InChI=1S/C16H18N2O4/c1-6-7-11-14-12(17-9(2)18(4)16(14)20)8-13(21-5)15(11)22-10(3)19/h6,8H,1,7H2,2-5H3. The molecule has 1 heterocycles. The number of methoxy groups -OCH3 is 1. The lowest BCUT2D eigenvalue weighted by Gasteiger charge is -2.16. The molecule has 0 unspecified atom stereocenters. The Labute approximate surface area is 128 Å². The number of fused-ring (bicyclic) bond motifs is 1. The fourth-order valence-corrected chi connectivity index (χ4v) is 2.32. The van der Waals surface area contributed by atoms with Crippen molar-refractivity contribution in [3.8, 4) is 11.5 Å². The summed E-state index contributed by atoms with van der Waals surface area (Å²) in [4.78, 5) is 28.4. The minimum atomic E-state index is -0.486. The largest absolute Gasteiger partial charge is 0.493 e. The van der Waals surface area contributed by atoms with E-state index in [1.807, 2.05) is 0 Å². The Morgan fingerprint density at radius 1 is 1.50 bits per heavy atom. The van der Waals surface area contributed by atoms with Gasteiger partial charge in [-0.25, -0.2) is 4.98 Å². The van der Waals surface area contributed by atoms with E-state index in [9.17, 15) is 9.59 Å². The molecule has 0 saturated carbocycles. The van der Waals surface area contributed by atoms with Crippen molar-refractivity contribution in [2.75, 3.05) is 7.11 Å². The molecule has 0 N–H and O–H groups in total. The molecule has 1 aromatic carbocycles. The predicted molar refractivity (Wildman–Crippen MR) is 83.5 cm³/mol. The first-order valence-electron chi connectivity index (χ1n) is 6.77. The molecule has 0 saturated heterocycles. The molecule has 0 aliphatic heterocycles. The highest BCUT2D eigenvalue weighted by atomic mass is 16.6. The number of benzene rings is 1. The Hall–Kier alpha value is -2.63. The third-order valence-electron chi connectivity index (χ3n) is 3.42. The topological polar surface area (TPSA) is 70.4 Å². The van der Waals surface area contributed by atoms with Gasteiger partial charge < -0.3 is 9.47 Å². The van der Waals surface area contributed by atoms with Gasteiger partial charge in [-0.05, 0) is 13.3 Å². The number of allylic oxidation sites excluding steroid dienone is 1. The number of aryl methyl sites for hydroxylation is 1. The van der Waals surface area contributed by atoms with Crippen LogP contribution in [0.1, 0.15) is 18.3 Å². The Morgan fingerprint density at radius 2 is 2.18 bits per heavy atom. The van der Waals surface area contributed by atoms with Crippen LogP contribution < -0.4 is 15.0 Å². The van der Waals surface area contributed by atoms with Crippen molar-refractivity contribution in [1.82, 2.24) is 9.55 Å². The number of esters is 1. The van der Waals surface area contributed by atoms with Gasteiger partial charge >= 0.3 is 5.97 Å². The first-order valence-corrected chi connectivity index (χ1v) is 6.77. The van der Waals surface area contributed by atoms with Crippen molar-refractivity contribution >= 4 is 16.9 Å². The maximum absolute atomic E-state index is 12.6. The predicted octanol–water partition coefficient (Wildman–Crippen LogP) is 1.90. The highest BCUT2D eigenvalue weighted by Crippen LogP contribution is 2.36. The van der Waals surface area contributed by atoms with Crippen LogP contribution in [0.15, 0.2) is 23.5 Å². The molecule has 2 aromatic rings. The lowest BCUT2D eigenvalue weighted by Crippen LogP contribution is -2.22. The highest BCUT2D eigenvalue weighted by Gasteiger charge is 2.20. The van der Waals surface area contributed by atoms with Crippen LogP contribution in [0.25, 0.3) is 10.9 Å². The molecule has 0 amide bonds. The van der Waals surface area contributed by atoms with Gasteiger partial charge in [0.25, 0.3) is 5.56 Å². The number of rotatable bonds is 4. The molecule has 0 aliphatic rings. The fourth-order valence-electron chi connectivity index (χ4n) is 2.32. The van der Waals surface area contributed by atoms with Gasteiger partial charge in [0.1, 0.15) is 5.82 Å². The van der Waals surface area contributed by atoms with E-state index in [4.69, 9.17) is 9.47 Å². The van der Waals surface area contributed by atoms with Gasteiger partial charge in [0, 0.05) is 25.6 Å². The molecule has 0 radical (unpaired) electrons. The Balaban J connectivity index is 2.98. The number of hydrogen-bond donors (Lipinski definition) is 0. The van der Waals surface area contributed by atoms with Crippen LogP contribution in [-0.2, 0) is 18.3 Å². The van der Waals surface area contributed by atoms with Crippen LogP contribution in [0.2, 0.25) is 0 Å². The molecule has 0 fully saturated rings. The maximum Gasteiger partial charge on any atom is 0.308 e. The zero-order chi connectivity index (χ0) is 16.4. The summed E-state index contributed by atoms with van der Waals surface area (Å²) in [6, 6.07) is 1.61. The fraction of sp³-hybridized carbons (Fsp3) is 0.312. The molecule has 0 bridgehead atoms. The van der Waals surface area contributed by atoms with Gasteiger partial charge in [0.15, 0.2) is 11.5 Å². The number of ether oxygens (including phenoxy) is 2. The lowest BCUT2D eigenvalue weighted by molar-refractivity contribution is -0.132. The summed E-state index contributed by atoms with van der Waals surface area (Å²) in [5.41, 5.74) is 0.855. The van der Waals surface area contributed by atoms with Crippen molar-refractivity contribution in [3.63, 3.8) is 0 Å². The normalized spacial score (nSPS) is 10.5. The summed E-state index contributed by atoms with van der Waals surface area (Å²) in [6.45, 7) is 6.75. The molecule has 116 valence electrons. The van der Waals surface area contributed by atoms with E-state index < -0.39 is 5.97 Å². The molecule has 2 rings (SSSR count). The average Bonchev–Trinajstić information content (AvgIpc) is 2.46. The molecular formula is C16H18N2O4. The van der Waals surface area contributed by atoms with E-state index in [1.54, 1.807) is 26.1 Å². The van der Waals surface area contributed by atoms with Gasteiger partial charge in [-0.1, -0.05) is 6.08 Å². The van der Waals surface area contributed by atoms with E-state index >= 15 is 0 Å². The van der Waals surface area contributed by atoms with Crippen molar-refractivity contribution in [3.05, 3.63) is 40.5 Å². The van der Waals surface area contributed by atoms with Crippen LogP contribution in [-0.4, -0.2) is 22.6 Å². The molecule has 0 aliphatic carbocycles. The zero-order valence-electron chi connectivity index (χ0n) is 13.1. The summed E-state index contributed by atoms with van der Waals surface area (Å²) < 4.78 is 12.0. The Bertz CT molecular complexity index is 821. The summed E-state index contributed by atoms with van der Waals surface area (Å²) in [7, 11) is 3.12. The highest BCUT2D eigenvalue weighted by molar-refractivity contribution is 5.88. The second-order valence-corrected chi connectivity index (χ2v) is 4.89. The first kappa shape index (κ1) is 15.8. The van der Waals surface area contributed by atoms with Gasteiger partial charge in [-0.3, -0.25) is 14.2 Å². The maximum atomic E-state index is 12.6. The molecule has 1 aromatic heterocycles. The van der Waals surface area contributed by atoms with Crippen LogP contribution in [0.4, 0.5) is 0 Å². The second kappa shape index (κ2) is 6.01. The first-order chi connectivity index (χ1) is 10.4. The Morgan fingerprint density at radius 3 is 2.73 bits per heavy atom. The van der Waals surface area contributed by atoms with Gasteiger partial charge in [-0.2, -0.15) is 0 Å². The number of hydrogen-bond acceptors (Lipinski definition) is 5. The van der Waals surface area contributed by atoms with Crippen LogP contribution in [0.3, 0.4) is 0 Å². The third kappa shape index (κ3) is 2.59. The molecular weight excluding hydrogens is 284 g/mol. The zero-order valence-corrected chi connectivity index (χ0v) is 13.1. The Kier molecular flexibility index (Phi) is 4.30. The number of carbonyl (C=O) groups is 1. The minimum absolute atomic E-state index is 0.199. The molecule has 6 nitrogen and oxygen atoms in total. The minimum Gasteiger partial charge on any atom is -0.493 e. The van der Waals surface area contributed by atoms with Crippen molar-refractivity contribution in [1.29, 1.82) is 0 Å². The average molecular weight is 302 g/mol. The van der Waals surface area contributed by atoms with Crippen LogP contribution in [0, 0.1) is 6.92 Å². The molecule has 22 heavy (non-hydrogen) atoms. The monoisotopic (exact) mass is 302 g/mol. The molecule has 0 spiro atoms. The smallest absolute Gasteiger partial charge is 0.308 e. The number of aromatic nitrogens is 2. The molecule has 6 heteroatoms. The van der Waals surface area contributed by atoms with Crippen molar-refractivity contribution < 1.29 is 14.3 Å². The number of nitrogens with zero attached hydrogens (tertiary/aromatic N) is 2. The van der Waals surface area contributed by atoms with Crippen LogP contribution in [0.5, 0.6) is 11.5 Å². The summed E-state index contributed by atoms with van der Waals surface area (Å²) in [6.07, 6.45) is 2.00.